The van der Waals surface area contributed by atoms with Crippen molar-refractivity contribution in [1.29, 1.82) is 0 Å². The van der Waals surface area contributed by atoms with E-state index in [9.17, 15) is 0 Å². The van der Waals surface area contributed by atoms with Crippen molar-refractivity contribution < 1.29 is 4.74 Å². The normalized spacial score (nSPS) is 27.3. The van der Waals surface area contributed by atoms with Crippen molar-refractivity contribution in [3.63, 3.8) is 0 Å². The lowest BCUT2D eigenvalue weighted by atomic mass is 9.86. The van der Waals surface area contributed by atoms with Crippen LogP contribution >= 0.6 is 15.9 Å². The van der Waals surface area contributed by atoms with Gasteiger partial charge in [-0.3, -0.25) is 0 Å². The maximum Gasteiger partial charge on any atom is 0.0569 e. The van der Waals surface area contributed by atoms with E-state index in [2.05, 4.69) is 54.2 Å². The van der Waals surface area contributed by atoms with Gasteiger partial charge in [-0.05, 0) is 56.9 Å². The average molecular weight is 327 g/mol. The van der Waals surface area contributed by atoms with E-state index in [1.54, 1.807) is 0 Å². The molecule has 1 aliphatic heterocycles. The van der Waals surface area contributed by atoms with Gasteiger partial charge in [0.25, 0.3) is 0 Å². The van der Waals surface area contributed by atoms with Crippen molar-refractivity contribution in [2.24, 2.45) is 5.73 Å². The number of hydrogen-bond acceptors (Lipinski definition) is 3. The topological polar surface area (TPSA) is 47.3 Å². The van der Waals surface area contributed by atoms with Gasteiger partial charge in [0, 0.05) is 23.3 Å². The molecule has 0 aliphatic carbocycles. The highest BCUT2D eigenvalue weighted by Gasteiger charge is 2.34. The summed E-state index contributed by atoms with van der Waals surface area (Å²) in [5, 5.41) is 3.66. The van der Waals surface area contributed by atoms with Crippen molar-refractivity contribution in [3.8, 4) is 0 Å². The summed E-state index contributed by atoms with van der Waals surface area (Å²) in [5.41, 5.74) is 9.63. The molecule has 4 heteroatoms. The number of aryl methyl sites for hydroxylation is 2. The summed E-state index contributed by atoms with van der Waals surface area (Å²) in [4.78, 5) is 0. The molecular weight excluding hydrogens is 304 g/mol. The van der Waals surface area contributed by atoms with Crippen LogP contribution in [-0.2, 0) is 4.74 Å². The molecule has 19 heavy (non-hydrogen) atoms. The van der Waals surface area contributed by atoms with E-state index >= 15 is 0 Å². The first-order valence-electron chi connectivity index (χ1n) is 6.82. The maximum absolute atomic E-state index is 6.03. The van der Waals surface area contributed by atoms with Crippen LogP contribution in [0.2, 0.25) is 0 Å². The first-order valence-corrected chi connectivity index (χ1v) is 7.62. The lowest BCUT2D eigenvalue weighted by Gasteiger charge is -2.40. The van der Waals surface area contributed by atoms with E-state index in [4.69, 9.17) is 10.5 Å². The van der Waals surface area contributed by atoms with E-state index in [1.165, 1.54) is 15.6 Å². The highest BCUT2D eigenvalue weighted by atomic mass is 79.9. The van der Waals surface area contributed by atoms with Gasteiger partial charge in [-0.25, -0.2) is 0 Å². The monoisotopic (exact) mass is 326 g/mol. The second kappa shape index (κ2) is 5.81. The number of ether oxygens (including phenoxy) is 1. The minimum atomic E-state index is -0.0373. The van der Waals surface area contributed by atoms with Gasteiger partial charge in [0.1, 0.15) is 0 Å². The van der Waals surface area contributed by atoms with Crippen LogP contribution in [0.1, 0.15) is 30.9 Å². The van der Waals surface area contributed by atoms with Crippen LogP contribution in [0.5, 0.6) is 0 Å². The van der Waals surface area contributed by atoms with Gasteiger partial charge in [-0.15, -0.1) is 0 Å². The highest BCUT2D eigenvalue weighted by molar-refractivity contribution is 9.10. The van der Waals surface area contributed by atoms with Crippen molar-refractivity contribution in [1.82, 2.24) is 0 Å². The molecule has 1 saturated heterocycles. The molecule has 2 atom stereocenters. The number of nitrogens with one attached hydrogen (secondary N) is 1. The summed E-state index contributed by atoms with van der Waals surface area (Å²) < 4.78 is 6.82. The number of nitrogens with two attached hydrogens (primary N) is 1. The Balaban J connectivity index is 2.23. The highest BCUT2D eigenvalue weighted by Crippen LogP contribution is 2.31. The van der Waals surface area contributed by atoms with Gasteiger partial charge in [0.15, 0.2) is 0 Å². The molecule has 1 aromatic carbocycles. The van der Waals surface area contributed by atoms with Gasteiger partial charge in [0.2, 0.25) is 0 Å². The van der Waals surface area contributed by atoms with Crippen LogP contribution in [-0.4, -0.2) is 24.8 Å². The molecular formula is C15H23BrN2O. The Morgan fingerprint density at radius 1 is 1.42 bits per heavy atom. The van der Waals surface area contributed by atoms with Gasteiger partial charge >= 0.3 is 0 Å². The summed E-state index contributed by atoms with van der Waals surface area (Å²) >= 11 is 3.61. The minimum absolute atomic E-state index is 0.0373. The second-order valence-electron chi connectivity index (χ2n) is 5.67. The summed E-state index contributed by atoms with van der Waals surface area (Å²) in [5.74, 6) is 0. The Morgan fingerprint density at radius 3 is 2.58 bits per heavy atom. The van der Waals surface area contributed by atoms with Crippen molar-refractivity contribution >= 4 is 21.6 Å². The zero-order chi connectivity index (χ0) is 14.0. The summed E-state index contributed by atoms with van der Waals surface area (Å²) in [6.45, 7) is 7.76. The number of halogens is 1. The predicted octanol–water partition coefficient (Wildman–Crippen LogP) is 3.37. The van der Waals surface area contributed by atoms with Gasteiger partial charge in [0.05, 0.1) is 11.6 Å². The van der Waals surface area contributed by atoms with E-state index in [1.807, 2.05) is 0 Å². The first kappa shape index (κ1) is 14.8. The third kappa shape index (κ3) is 3.30. The average Bonchev–Trinajstić information content (AvgIpc) is 2.36. The number of hydrogen-bond donors (Lipinski definition) is 2. The summed E-state index contributed by atoms with van der Waals surface area (Å²) in [7, 11) is 0. The Bertz CT molecular complexity index is 440. The molecule has 106 valence electrons. The van der Waals surface area contributed by atoms with Crippen LogP contribution < -0.4 is 11.1 Å². The van der Waals surface area contributed by atoms with Crippen LogP contribution in [0.3, 0.4) is 0 Å². The maximum atomic E-state index is 6.03. The van der Waals surface area contributed by atoms with Gasteiger partial charge in [-0.2, -0.15) is 0 Å². The zero-order valence-electron chi connectivity index (χ0n) is 11.9. The molecule has 2 unspecified atom stereocenters. The van der Waals surface area contributed by atoms with Crippen LogP contribution in [0.15, 0.2) is 16.6 Å². The van der Waals surface area contributed by atoms with Crippen LogP contribution in [0, 0.1) is 13.8 Å². The molecule has 1 heterocycles. The SMILES string of the molecule is Cc1cc(NC2(CN)CCOC(C)C2)cc(C)c1Br. The molecule has 0 aromatic heterocycles. The van der Waals surface area contributed by atoms with E-state index in [-0.39, 0.29) is 11.6 Å². The smallest absolute Gasteiger partial charge is 0.0569 e. The van der Waals surface area contributed by atoms with E-state index in [0.29, 0.717) is 6.54 Å². The lowest BCUT2D eigenvalue weighted by Crippen LogP contribution is -2.51. The molecule has 2 rings (SSSR count). The predicted molar refractivity (Wildman–Crippen MR) is 83.7 cm³/mol. The molecule has 1 aliphatic rings. The summed E-state index contributed by atoms with van der Waals surface area (Å²) in [6, 6.07) is 4.35. The molecule has 0 amide bonds. The molecule has 0 saturated carbocycles. The van der Waals surface area contributed by atoms with E-state index < -0.39 is 0 Å². The lowest BCUT2D eigenvalue weighted by molar-refractivity contribution is 0.000264. The number of anilines is 1. The van der Waals surface area contributed by atoms with E-state index in [0.717, 1.165) is 25.1 Å². The van der Waals surface area contributed by atoms with Crippen molar-refractivity contribution in [2.75, 3.05) is 18.5 Å². The second-order valence-corrected chi connectivity index (χ2v) is 6.46. The standard InChI is InChI=1S/C15H23BrN2O/c1-10-6-13(7-11(2)14(10)16)18-15(9-17)4-5-19-12(3)8-15/h6-7,12,18H,4-5,8-9,17H2,1-3H3. The minimum Gasteiger partial charge on any atom is -0.378 e. The quantitative estimate of drug-likeness (QED) is 0.895. The Labute approximate surface area is 124 Å². The third-order valence-electron chi connectivity index (χ3n) is 3.90. The molecule has 3 nitrogen and oxygen atoms in total. The molecule has 1 aromatic rings. The van der Waals surface area contributed by atoms with Gasteiger partial charge in [-0.1, -0.05) is 15.9 Å². The summed E-state index contributed by atoms with van der Waals surface area (Å²) in [6.07, 6.45) is 2.18. The zero-order valence-corrected chi connectivity index (χ0v) is 13.5. The van der Waals surface area contributed by atoms with Gasteiger partial charge < -0.3 is 15.8 Å². The molecule has 3 N–H and O–H groups in total. The molecule has 0 bridgehead atoms. The van der Waals surface area contributed by atoms with Crippen LogP contribution in [0.4, 0.5) is 5.69 Å². The Kier molecular flexibility index (Phi) is 4.54. The fourth-order valence-corrected chi connectivity index (χ4v) is 3.07. The molecule has 0 radical (unpaired) electrons. The number of rotatable bonds is 3. The van der Waals surface area contributed by atoms with Crippen molar-refractivity contribution in [3.05, 3.63) is 27.7 Å². The largest absolute Gasteiger partial charge is 0.378 e. The Hall–Kier alpha value is -0.580. The third-order valence-corrected chi connectivity index (χ3v) is 5.15. The fraction of sp³-hybridized carbons (Fsp3) is 0.600. The Morgan fingerprint density at radius 2 is 2.05 bits per heavy atom. The fourth-order valence-electron chi connectivity index (χ4n) is 2.84. The van der Waals surface area contributed by atoms with Crippen LogP contribution in [0.25, 0.3) is 0 Å². The first-order chi connectivity index (χ1) is 8.96. The van der Waals surface area contributed by atoms with Crippen molar-refractivity contribution in [2.45, 2.75) is 45.3 Å². The molecule has 1 fully saturated rings. The number of benzene rings is 1. The molecule has 0 spiro atoms.